The van der Waals surface area contributed by atoms with Gasteiger partial charge in [-0.2, -0.15) is 10.3 Å². The fourth-order valence-electron chi connectivity index (χ4n) is 4.35. The molecule has 6 rings (SSSR count). The summed E-state index contributed by atoms with van der Waals surface area (Å²) in [4.78, 5) is 27.7. The second kappa shape index (κ2) is 7.27. The van der Waals surface area contributed by atoms with Crippen molar-refractivity contribution < 1.29 is 14.3 Å². The second-order valence-corrected chi connectivity index (χ2v) is 8.49. The zero-order valence-electron chi connectivity index (χ0n) is 17.1. The van der Waals surface area contributed by atoms with Gasteiger partial charge >= 0.3 is 0 Å². The van der Waals surface area contributed by atoms with Gasteiger partial charge in [-0.1, -0.05) is 11.6 Å². The Labute approximate surface area is 191 Å². The van der Waals surface area contributed by atoms with Crippen molar-refractivity contribution in [2.24, 2.45) is 0 Å². The standard InChI is InChI=1S/C21H17ClN8O3/c22-15-9-12(7-13-10-23-25-17(13)15)20(32)30-5-3-21(4-6-30)24-19(31)14-8-11(1-2-16(14)33-21)18-26-28-29-27-18/h1-2,7-10H,3-6H2,(H,23,25)(H,24,31)(H,26,27,28,29). The highest BCUT2D eigenvalue weighted by Gasteiger charge is 2.43. The van der Waals surface area contributed by atoms with Gasteiger partial charge in [0.05, 0.1) is 22.3 Å². The first kappa shape index (κ1) is 19.7. The number of amides is 2. The number of tetrazole rings is 1. The topological polar surface area (TPSA) is 142 Å². The molecule has 0 radical (unpaired) electrons. The van der Waals surface area contributed by atoms with E-state index < -0.39 is 5.72 Å². The summed E-state index contributed by atoms with van der Waals surface area (Å²) in [5, 5.41) is 24.8. The SMILES string of the molecule is O=C1NC2(CCN(C(=O)c3cc(Cl)c4[nH]ncc4c3)CC2)Oc2ccc(-c3nn[nH]n3)cc21. The molecule has 2 amide bonds. The lowest BCUT2D eigenvalue weighted by molar-refractivity contribution is -0.0245. The van der Waals surface area contributed by atoms with Gasteiger partial charge in [-0.25, -0.2) is 0 Å². The van der Waals surface area contributed by atoms with E-state index in [-0.39, 0.29) is 11.8 Å². The first-order chi connectivity index (χ1) is 16.0. The molecule has 33 heavy (non-hydrogen) atoms. The Morgan fingerprint density at radius 3 is 2.82 bits per heavy atom. The summed E-state index contributed by atoms with van der Waals surface area (Å²) in [5.74, 6) is 0.523. The molecule has 4 aromatic rings. The first-order valence-corrected chi connectivity index (χ1v) is 10.7. The number of halogens is 1. The van der Waals surface area contributed by atoms with Crippen molar-refractivity contribution in [1.82, 2.24) is 41.0 Å². The highest BCUT2D eigenvalue weighted by Crippen LogP contribution is 2.35. The van der Waals surface area contributed by atoms with E-state index in [9.17, 15) is 9.59 Å². The molecule has 166 valence electrons. The van der Waals surface area contributed by atoms with Gasteiger partial charge in [0.25, 0.3) is 11.8 Å². The van der Waals surface area contributed by atoms with E-state index in [1.807, 2.05) is 0 Å². The number of fused-ring (bicyclic) bond motifs is 2. The molecule has 0 atom stereocenters. The monoisotopic (exact) mass is 464 g/mol. The lowest BCUT2D eigenvalue weighted by atomic mass is 9.95. The van der Waals surface area contributed by atoms with Crippen molar-refractivity contribution in [3.63, 3.8) is 0 Å². The average molecular weight is 465 g/mol. The predicted molar refractivity (Wildman–Crippen MR) is 117 cm³/mol. The summed E-state index contributed by atoms with van der Waals surface area (Å²) in [7, 11) is 0. The molecule has 0 aliphatic carbocycles. The maximum absolute atomic E-state index is 13.1. The molecule has 3 N–H and O–H groups in total. The van der Waals surface area contributed by atoms with E-state index in [1.54, 1.807) is 41.4 Å². The first-order valence-electron chi connectivity index (χ1n) is 10.3. The molecule has 0 saturated carbocycles. The van der Waals surface area contributed by atoms with Crippen LogP contribution in [0.3, 0.4) is 0 Å². The van der Waals surface area contributed by atoms with Gasteiger partial charge in [0.2, 0.25) is 5.82 Å². The summed E-state index contributed by atoms with van der Waals surface area (Å²) in [6, 6.07) is 8.61. The van der Waals surface area contributed by atoms with Crippen LogP contribution >= 0.6 is 11.6 Å². The molecule has 0 unspecified atom stereocenters. The number of nitrogens with one attached hydrogen (secondary N) is 3. The van der Waals surface area contributed by atoms with Gasteiger partial charge in [0, 0.05) is 42.4 Å². The Balaban J connectivity index is 1.19. The van der Waals surface area contributed by atoms with Crippen molar-refractivity contribution in [2.45, 2.75) is 18.6 Å². The largest absolute Gasteiger partial charge is 0.467 e. The Hall–Kier alpha value is -3.99. The van der Waals surface area contributed by atoms with Crippen LogP contribution in [-0.4, -0.2) is 66.4 Å². The van der Waals surface area contributed by atoms with Crippen molar-refractivity contribution >= 4 is 34.3 Å². The van der Waals surface area contributed by atoms with Crippen LogP contribution in [0.1, 0.15) is 33.6 Å². The number of aromatic nitrogens is 6. The van der Waals surface area contributed by atoms with Gasteiger partial charge < -0.3 is 15.0 Å². The normalized spacial score (nSPS) is 17.0. The zero-order valence-corrected chi connectivity index (χ0v) is 17.9. The lowest BCUT2D eigenvalue weighted by Gasteiger charge is -2.44. The van der Waals surface area contributed by atoms with Gasteiger partial charge in [-0.3, -0.25) is 14.7 Å². The number of hydrogen-bond donors (Lipinski definition) is 3. The van der Waals surface area contributed by atoms with Gasteiger partial charge in [0.1, 0.15) is 5.75 Å². The Kier molecular flexibility index (Phi) is 4.34. The van der Waals surface area contributed by atoms with E-state index in [1.165, 1.54) is 0 Å². The zero-order chi connectivity index (χ0) is 22.6. The van der Waals surface area contributed by atoms with Crippen molar-refractivity contribution in [3.05, 3.63) is 52.7 Å². The highest BCUT2D eigenvalue weighted by atomic mass is 35.5. The maximum Gasteiger partial charge on any atom is 0.258 e. The van der Waals surface area contributed by atoms with Crippen molar-refractivity contribution in [1.29, 1.82) is 0 Å². The number of likely N-dealkylation sites (tertiary alicyclic amines) is 1. The fourth-order valence-corrected chi connectivity index (χ4v) is 4.62. The number of benzene rings is 2. The van der Waals surface area contributed by atoms with Crippen molar-refractivity contribution in [2.75, 3.05) is 13.1 Å². The number of carbonyl (C=O) groups is 2. The van der Waals surface area contributed by atoms with E-state index in [0.717, 1.165) is 5.39 Å². The summed E-state index contributed by atoms with van der Waals surface area (Å²) < 4.78 is 6.24. The average Bonchev–Trinajstić information content (AvgIpc) is 3.51. The van der Waals surface area contributed by atoms with Crippen LogP contribution in [0.2, 0.25) is 5.02 Å². The van der Waals surface area contributed by atoms with E-state index in [0.29, 0.717) is 64.7 Å². The van der Waals surface area contributed by atoms with E-state index in [4.69, 9.17) is 16.3 Å². The molecule has 1 fully saturated rings. The van der Waals surface area contributed by atoms with Crippen LogP contribution in [0, 0.1) is 0 Å². The van der Waals surface area contributed by atoms with Crippen LogP contribution in [0.4, 0.5) is 0 Å². The Morgan fingerprint density at radius 2 is 2.03 bits per heavy atom. The summed E-state index contributed by atoms with van der Waals surface area (Å²) >= 11 is 6.29. The third-order valence-corrected chi connectivity index (χ3v) is 6.38. The number of nitrogens with zero attached hydrogens (tertiary/aromatic N) is 5. The Bertz CT molecular complexity index is 1390. The molecule has 4 heterocycles. The molecule has 0 bridgehead atoms. The smallest absolute Gasteiger partial charge is 0.258 e. The number of piperidine rings is 1. The molecular formula is C21H17ClN8O3. The second-order valence-electron chi connectivity index (χ2n) is 8.08. The summed E-state index contributed by atoms with van der Waals surface area (Å²) in [6.07, 6.45) is 2.55. The molecule has 12 heteroatoms. The third kappa shape index (κ3) is 3.28. The van der Waals surface area contributed by atoms with E-state index >= 15 is 0 Å². The Morgan fingerprint density at radius 1 is 1.18 bits per heavy atom. The number of H-pyrrole nitrogens is 2. The maximum atomic E-state index is 13.1. The summed E-state index contributed by atoms with van der Waals surface area (Å²) in [6.45, 7) is 0.854. The van der Waals surface area contributed by atoms with Crippen LogP contribution in [0.15, 0.2) is 36.5 Å². The van der Waals surface area contributed by atoms with Gasteiger partial charge in [-0.15, -0.1) is 10.2 Å². The van der Waals surface area contributed by atoms with Crippen LogP contribution in [0.5, 0.6) is 5.75 Å². The molecule has 1 spiro atoms. The molecule has 11 nitrogen and oxygen atoms in total. The quantitative estimate of drug-likeness (QED) is 0.412. The highest BCUT2D eigenvalue weighted by molar-refractivity contribution is 6.35. The van der Waals surface area contributed by atoms with Gasteiger partial charge in [0.15, 0.2) is 5.72 Å². The summed E-state index contributed by atoms with van der Waals surface area (Å²) in [5.41, 5.74) is 1.40. The lowest BCUT2D eigenvalue weighted by Crippen LogP contribution is -2.61. The molecule has 2 aliphatic rings. The van der Waals surface area contributed by atoms with Crippen LogP contribution < -0.4 is 10.1 Å². The number of rotatable bonds is 2. The minimum atomic E-state index is -0.860. The molecule has 2 aliphatic heterocycles. The minimum Gasteiger partial charge on any atom is -0.467 e. The number of carbonyl (C=O) groups excluding carboxylic acids is 2. The minimum absolute atomic E-state index is 0.123. The van der Waals surface area contributed by atoms with Crippen molar-refractivity contribution in [3.8, 4) is 17.1 Å². The number of aromatic amines is 2. The molecule has 1 saturated heterocycles. The van der Waals surface area contributed by atoms with Crippen LogP contribution in [0.25, 0.3) is 22.3 Å². The number of hydrogen-bond acceptors (Lipinski definition) is 7. The van der Waals surface area contributed by atoms with E-state index in [2.05, 4.69) is 36.1 Å². The number of ether oxygens (including phenoxy) is 1. The third-order valence-electron chi connectivity index (χ3n) is 6.08. The van der Waals surface area contributed by atoms with Gasteiger partial charge in [-0.05, 0) is 35.5 Å². The van der Waals surface area contributed by atoms with Crippen LogP contribution in [-0.2, 0) is 0 Å². The molecular weight excluding hydrogens is 448 g/mol. The fraction of sp³-hybridized carbons (Fsp3) is 0.238. The molecule has 2 aromatic carbocycles. The molecule has 2 aromatic heterocycles. The predicted octanol–water partition coefficient (Wildman–Crippen LogP) is 2.15.